The fourth-order valence-corrected chi connectivity index (χ4v) is 6.08. The Kier molecular flexibility index (Phi) is 7.90. The first kappa shape index (κ1) is 27.7. The zero-order valence-corrected chi connectivity index (χ0v) is 23.3. The van der Waals surface area contributed by atoms with Gasteiger partial charge in [-0.25, -0.2) is 8.42 Å². The molecule has 1 N–H and O–H groups in total. The van der Waals surface area contributed by atoms with Gasteiger partial charge in [0.05, 0.1) is 61.5 Å². The number of nitrogens with zero attached hydrogens (tertiary/aromatic N) is 5. The molecule has 1 saturated heterocycles. The van der Waals surface area contributed by atoms with Crippen LogP contribution in [-0.4, -0.2) is 89.5 Å². The van der Waals surface area contributed by atoms with Crippen molar-refractivity contribution in [3.8, 4) is 17.1 Å². The molecule has 12 nitrogen and oxygen atoms in total. The minimum atomic E-state index is -3.85. The normalized spacial score (nSPS) is 16.0. The van der Waals surface area contributed by atoms with Crippen molar-refractivity contribution in [2.45, 2.75) is 38.5 Å². The van der Waals surface area contributed by atoms with E-state index in [1.807, 2.05) is 20.9 Å². The third-order valence-electron chi connectivity index (χ3n) is 6.77. The fourth-order valence-electron chi connectivity index (χ4n) is 4.63. The number of carbonyl (C=O) groups is 1. The number of esters is 1. The summed E-state index contributed by atoms with van der Waals surface area (Å²) in [5, 5.41) is 4.47. The van der Waals surface area contributed by atoms with Gasteiger partial charge in [0, 0.05) is 14.0 Å². The van der Waals surface area contributed by atoms with Crippen LogP contribution in [0.2, 0.25) is 0 Å². The summed E-state index contributed by atoms with van der Waals surface area (Å²) in [7, 11) is -0.212. The van der Waals surface area contributed by atoms with Crippen LogP contribution in [0.15, 0.2) is 27.9 Å². The van der Waals surface area contributed by atoms with E-state index in [4.69, 9.17) is 9.47 Å². The average molecular weight is 548 g/mol. The zero-order valence-electron chi connectivity index (χ0n) is 22.5. The molecule has 0 radical (unpaired) electrons. The minimum Gasteiger partial charge on any atom is -0.493 e. The van der Waals surface area contributed by atoms with Crippen molar-refractivity contribution >= 4 is 27.0 Å². The number of nitrogens with one attached hydrogen (secondary N) is 1. The number of hydrogen-bond acceptors (Lipinski definition) is 8. The van der Waals surface area contributed by atoms with Crippen molar-refractivity contribution in [1.82, 2.24) is 24.1 Å². The van der Waals surface area contributed by atoms with E-state index in [1.165, 1.54) is 28.0 Å². The number of sulfonamides is 1. The Balaban J connectivity index is 1.71. The monoisotopic (exact) mass is 547 g/mol. The number of aryl methyl sites for hydroxylation is 2. The Morgan fingerprint density at radius 1 is 1.21 bits per heavy atom. The van der Waals surface area contributed by atoms with E-state index < -0.39 is 15.6 Å². The highest BCUT2D eigenvalue weighted by molar-refractivity contribution is 7.89. The molecule has 2 aromatic heterocycles. The fraction of sp³-hybridized carbons (Fsp3) is 0.520. The van der Waals surface area contributed by atoms with Gasteiger partial charge in [-0.05, 0) is 31.5 Å². The highest BCUT2D eigenvalue weighted by Crippen LogP contribution is 2.32. The number of hydrogen-bond donors (Lipinski definition) is 1. The Labute approximate surface area is 221 Å². The van der Waals surface area contributed by atoms with Gasteiger partial charge < -0.3 is 14.5 Å². The van der Waals surface area contributed by atoms with Crippen molar-refractivity contribution in [2.75, 3.05) is 46.6 Å². The van der Waals surface area contributed by atoms with Crippen LogP contribution in [0.1, 0.15) is 32.9 Å². The van der Waals surface area contributed by atoms with Crippen LogP contribution in [0.5, 0.6) is 5.75 Å². The van der Waals surface area contributed by atoms with Crippen LogP contribution < -0.4 is 10.3 Å². The molecule has 1 fully saturated rings. The second-order valence-corrected chi connectivity index (χ2v) is 11.7. The second kappa shape index (κ2) is 10.8. The first-order valence-electron chi connectivity index (χ1n) is 12.7. The predicted octanol–water partition coefficient (Wildman–Crippen LogP) is 1.65. The van der Waals surface area contributed by atoms with E-state index in [2.05, 4.69) is 15.1 Å². The van der Waals surface area contributed by atoms with Crippen molar-refractivity contribution in [3.63, 3.8) is 0 Å². The molecule has 0 atom stereocenters. The molecule has 0 amide bonds. The molecule has 1 aliphatic rings. The summed E-state index contributed by atoms with van der Waals surface area (Å²) in [4.78, 5) is 31.7. The summed E-state index contributed by atoms with van der Waals surface area (Å²) in [6, 6.07) is 4.60. The van der Waals surface area contributed by atoms with Gasteiger partial charge in [-0.2, -0.15) is 14.4 Å². The number of fused-ring (bicyclic) bond motifs is 1. The van der Waals surface area contributed by atoms with E-state index in [-0.39, 0.29) is 36.5 Å². The Morgan fingerprint density at radius 3 is 2.55 bits per heavy atom. The lowest BCUT2D eigenvalue weighted by molar-refractivity contribution is -0.928. The Bertz CT molecular complexity index is 1500. The summed E-state index contributed by atoms with van der Waals surface area (Å²) < 4.78 is 41.6. The lowest BCUT2D eigenvalue weighted by Gasteiger charge is -2.40. The van der Waals surface area contributed by atoms with Gasteiger partial charge in [-0.1, -0.05) is 13.3 Å². The second-order valence-electron chi connectivity index (χ2n) is 9.76. The van der Waals surface area contributed by atoms with E-state index in [9.17, 15) is 18.0 Å². The molecule has 0 aliphatic carbocycles. The molecule has 0 saturated carbocycles. The average Bonchev–Trinajstić information content (AvgIpc) is 3.19. The molecule has 0 spiro atoms. The van der Waals surface area contributed by atoms with Crippen LogP contribution in [-0.2, 0) is 33.0 Å². The summed E-state index contributed by atoms with van der Waals surface area (Å²) in [6.07, 6.45) is 1.52. The van der Waals surface area contributed by atoms with Crippen molar-refractivity contribution in [2.24, 2.45) is 7.05 Å². The van der Waals surface area contributed by atoms with E-state index in [0.29, 0.717) is 52.9 Å². The third-order valence-corrected chi connectivity index (χ3v) is 8.66. The SMILES string of the molecule is CCCc1nn(C)c2c(=O)nc(-c3cc(S(=O)(=O)N4CC[N+](C)(COC(C)=O)CC4)ccc3OCC)[nH]c12. The number of rotatable bonds is 9. The van der Waals surface area contributed by atoms with E-state index in [0.717, 1.165) is 12.1 Å². The van der Waals surface area contributed by atoms with Gasteiger partial charge in [0.1, 0.15) is 11.6 Å². The molecule has 1 aliphatic heterocycles. The first-order valence-corrected chi connectivity index (χ1v) is 14.1. The van der Waals surface area contributed by atoms with Gasteiger partial charge in [-0.3, -0.25) is 18.8 Å². The molecule has 206 valence electrons. The standard InChI is InChI=1S/C25H34N6O6S/c1-6-8-20-22-23(29(4)28-20)25(33)27-24(26-22)19-15-18(9-10-21(19)36-7-2)38(34,35)30-11-13-31(5,14-12-30)16-37-17(3)32/h9-10,15H,6-8,11-14,16H2,1-5H3/p+1. The highest BCUT2D eigenvalue weighted by atomic mass is 32.2. The maximum atomic E-state index is 13.6. The summed E-state index contributed by atoms with van der Waals surface area (Å²) in [6.45, 7) is 7.32. The lowest BCUT2D eigenvalue weighted by Crippen LogP contribution is -2.59. The molecule has 13 heteroatoms. The van der Waals surface area contributed by atoms with E-state index in [1.54, 1.807) is 13.1 Å². The van der Waals surface area contributed by atoms with Gasteiger partial charge in [0.15, 0.2) is 5.52 Å². The van der Waals surface area contributed by atoms with Crippen LogP contribution >= 0.6 is 0 Å². The number of benzene rings is 1. The molecule has 3 aromatic rings. The molecular formula is C25H35N6O6S+. The predicted molar refractivity (Wildman–Crippen MR) is 141 cm³/mol. The van der Waals surface area contributed by atoms with Gasteiger partial charge >= 0.3 is 5.97 Å². The van der Waals surface area contributed by atoms with Crippen molar-refractivity contribution in [3.05, 3.63) is 34.2 Å². The lowest BCUT2D eigenvalue weighted by atomic mass is 10.1. The molecule has 0 unspecified atom stereocenters. The molecule has 38 heavy (non-hydrogen) atoms. The maximum Gasteiger partial charge on any atom is 0.306 e. The summed E-state index contributed by atoms with van der Waals surface area (Å²) in [5.74, 6) is 0.274. The van der Waals surface area contributed by atoms with Gasteiger partial charge in [0.2, 0.25) is 16.8 Å². The van der Waals surface area contributed by atoms with Crippen LogP contribution in [0, 0.1) is 0 Å². The molecule has 1 aromatic carbocycles. The number of quaternary nitrogens is 1. The van der Waals surface area contributed by atoms with Crippen LogP contribution in [0.25, 0.3) is 22.4 Å². The number of ether oxygens (including phenoxy) is 2. The zero-order chi connectivity index (χ0) is 27.7. The van der Waals surface area contributed by atoms with Gasteiger partial charge in [-0.15, -0.1) is 0 Å². The topological polar surface area (TPSA) is 136 Å². The molecule has 0 bridgehead atoms. The van der Waals surface area contributed by atoms with Crippen LogP contribution in [0.3, 0.4) is 0 Å². The van der Waals surface area contributed by atoms with Gasteiger partial charge in [0.25, 0.3) is 5.56 Å². The number of aromatic nitrogens is 4. The first-order chi connectivity index (χ1) is 18.0. The van der Waals surface area contributed by atoms with Crippen LogP contribution in [0.4, 0.5) is 0 Å². The largest absolute Gasteiger partial charge is 0.493 e. The highest BCUT2D eigenvalue weighted by Gasteiger charge is 2.36. The van der Waals surface area contributed by atoms with Crippen molar-refractivity contribution < 1.29 is 27.2 Å². The number of H-pyrrole nitrogens is 1. The summed E-state index contributed by atoms with van der Waals surface area (Å²) in [5.41, 5.74) is 1.62. The number of piperazine rings is 1. The number of carbonyl (C=O) groups excluding carboxylic acids is 1. The number of likely N-dealkylation sites (N-methyl/N-ethyl adjacent to an activating group) is 1. The molecular weight excluding hydrogens is 512 g/mol. The van der Waals surface area contributed by atoms with Crippen molar-refractivity contribution in [1.29, 1.82) is 0 Å². The molecule has 3 heterocycles. The Morgan fingerprint density at radius 2 is 1.92 bits per heavy atom. The maximum absolute atomic E-state index is 13.6. The molecule has 4 rings (SSSR count). The third kappa shape index (κ3) is 5.45. The van der Waals surface area contributed by atoms with E-state index >= 15 is 0 Å². The Hall–Kier alpha value is -3.29. The number of aromatic amines is 1. The summed E-state index contributed by atoms with van der Waals surface area (Å²) >= 11 is 0. The minimum absolute atomic E-state index is 0.0785. The quantitative estimate of drug-likeness (QED) is 0.315. The smallest absolute Gasteiger partial charge is 0.306 e.